The van der Waals surface area contributed by atoms with Crippen LogP contribution in [0.2, 0.25) is 0 Å². The Balaban J connectivity index is 1.80. The number of carboxylic acids is 1. The molecule has 2 N–H and O–H groups in total. The Labute approximate surface area is 93.3 Å². The summed E-state index contributed by atoms with van der Waals surface area (Å²) in [5.41, 5.74) is 1.02. The molecule has 1 amide bonds. The predicted molar refractivity (Wildman–Crippen MR) is 57.5 cm³/mol. The number of benzene rings is 1. The van der Waals surface area contributed by atoms with Crippen LogP contribution in [-0.2, 0) is 16.1 Å². The molecule has 1 aliphatic carbocycles. The fourth-order valence-electron chi connectivity index (χ4n) is 1.67. The van der Waals surface area contributed by atoms with Crippen LogP contribution in [-0.4, -0.2) is 17.0 Å². The molecule has 4 nitrogen and oxygen atoms in total. The molecule has 84 valence electrons. The number of carbonyl (C=O) groups excluding carboxylic acids is 1. The Hall–Kier alpha value is -1.84. The number of nitrogens with one attached hydrogen (secondary N) is 1. The molecule has 1 aromatic carbocycles. The third kappa shape index (κ3) is 2.39. The standard InChI is InChI=1S/C12H13NO3/c14-11(9-6-10(9)12(15)16)13-7-8-4-2-1-3-5-8/h1-5,9-10H,6-7H2,(H,13,14)(H,15,16)/t9-,10-/m0/s1. The Morgan fingerprint density at radius 1 is 1.25 bits per heavy atom. The molecule has 1 aromatic rings. The molecule has 4 heteroatoms. The smallest absolute Gasteiger partial charge is 0.307 e. The van der Waals surface area contributed by atoms with E-state index >= 15 is 0 Å². The van der Waals surface area contributed by atoms with E-state index in [9.17, 15) is 9.59 Å². The van der Waals surface area contributed by atoms with Crippen LogP contribution in [0, 0.1) is 11.8 Å². The minimum absolute atomic E-state index is 0.156. The predicted octanol–water partition coefficient (Wildman–Crippen LogP) is 1.02. The number of hydrogen-bond acceptors (Lipinski definition) is 2. The van der Waals surface area contributed by atoms with Gasteiger partial charge in [-0.05, 0) is 12.0 Å². The largest absolute Gasteiger partial charge is 0.481 e. The van der Waals surface area contributed by atoms with E-state index in [4.69, 9.17) is 5.11 Å². The average Bonchev–Trinajstić information content (AvgIpc) is 3.07. The molecule has 16 heavy (non-hydrogen) atoms. The van der Waals surface area contributed by atoms with Crippen LogP contribution in [0.15, 0.2) is 30.3 Å². The van der Waals surface area contributed by atoms with E-state index < -0.39 is 11.9 Å². The quantitative estimate of drug-likeness (QED) is 0.794. The van der Waals surface area contributed by atoms with Crippen molar-refractivity contribution in [3.8, 4) is 0 Å². The molecule has 2 rings (SSSR count). The van der Waals surface area contributed by atoms with Crippen LogP contribution in [0.4, 0.5) is 0 Å². The van der Waals surface area contributed by atoms with Gasteiger partial charge in [0.25, 0.3) is 0 Å². The maximum Gasteiger partial charge on any atom is 0.307 e. The summed E-state index contributed by atoms with van der Waals surface area (Å²) in [5.74, 6) is -1.84. The monoisotopic (exact) mass is 219 g/mol. The summed E-state index contributed by atoms with van der Waals surface area (Å²) < 4.78 is 0. The highest BCUT2D eigenvalue weighted by molar-refractivity contribution is 5.89. The van der Waals surface area contributed by atoms with Gasteiger partial charge < -0.3 is 10.4 Å². The third-order valence-corrected chi connectivity index (χ3v) is 2.75. The minimum atomic E-state index is -0.875. The topological polar surface area (TPSA) is 66.4 Å². The lowest BCUT2D eigenvalue weighted by Gasteiger charge is -2.03. The van der Waals surface area contributed by atoms with Crippen LogP contribution in [0.3, 0.4) is 0 Å². The van der Waals surface area contributed by atoms with Gasteiger partial charge in [-0.25, -0.2) is 0 Å². The van der Waals surface area contributed by atoms with Gasteiger partial charge in [-0.15, -0.1) is 0 Å². The number of aliphatic carboxylic acids is 1. The minimum Gasteiger partial charge on any atom is -0.481 e. The zero-order chi connectivity index (χ0) is 11.5. The van der Waals surface area contributed by atoms with Gasteiger partial charge in [0.1, 0.15) is 0 Å². The van der Waals surface area contributed by atoms with Crippen LogP contribution in [0.1, 0.15) is 12.0 Å². The Kier molecular flexibility index (Phi) is 2.90. The van der Waals surface area contributed by atoms with E-state index in [2.05, 4.69) is 5.32 Å². The van der Waals surface area contributed by atoms with Crippen LogP contribution in [0.5, 0.6) is 0 Å². The highest BCUT2D eigenvalue weighted by Crippen LogP contribution is 2.38. The highest BCUT2D eigenvalue weighted by Gasteiger charge is 2.48. The van der Waals surface area contributed by atoms with E-state index in [1.807, 2.05) is 30.3 Å². The molecule has 1 saturated carbocycles. The lowest BCUT2D eigenvalue weighted by molar-refractivity contribution is -0.140. The van der Waals surface area contributed by atoms with Crippen molar-refractivity contribution in [3.05, 3.63) is 35.9 Å². The van der Waals surface area contributed by atoms with Gasteiger partial charge in [0.2, 0.25) is 5.91 Å². The number of carbonyl (C=O) groups is 2. The first-order valence-electron chi connectivity index (χ1n) is 5.23. The Bertz CT molecular complexity index is 402. The zero-order valence-corrected chi connectivity index (χ0v) is 8.72. The molecule has 0 radical (unpaired) electrons. The van der Waals surface area contributed by atoms with E-state index in [0.29, 0.717) is 13.0 Å². The van der Waals surface area contributed by atoms with Crippen molar-refractivity contribution in [2.45, 2.75) is 13.0 Å². The summed E-state index contributed by atoms with van der Waals surface area (Å²) >= 11 is 0. The molecule has 0 unspecified atom stereocenters. The average molecular weight is 219 g/mol. The Morgan fingerprint density at radius 3 is 2.50 bits per heavy atom. The van der Waals surface area contributed by atoms with E-state index in [0.717, 1.165) is 5.56 Å². The molecule has 0 spiro atoms. The summed E-state index contributed by atoms with van der Waals surface area (Å²) in [6.45, 7) is 0.461. The van der Waals surface area contributed by atoms with E-state index in [1.165, 1.54) is 0 Å². The zero-order valence-electron chi connectivity index (χ0n) is 8.72. The number of amides is 1. The molecule has 1 aliphatic rings. The second-order valence-electron chi connectivity index (χ2n) is 3.99. The van der Waals surface area contributed by atoms with Crippen molar-refractivity contribution in [2.24, 2.45) is 11.8 Å². The summed E-state index contributed by atoms with van der Waals surface area (Å²) in [4.78, 5) is 22.1. The first kappa shape index (κ1) is 10.7. The van der Waals surface area contributed by atoms with E-state index in [1.54, 1.807) is 0 Å². The van der Waals surface area contributed by atoms with Gasteiger partial charge in [0, 0.05) is 6.54 Å². The third-order valence-electron chi connectivity index (χ3n) is 2.75. The molecular weight excluding hydrogens is 206 g/mol. The molecule has 0 saturated heterocycles. The molecule has 0 heterocycles. The van der Waals surface area contributed by atoms with Crippen molar-refractivity contribution in [2.75, 3.05) is 0 Å². The van der Waals surface area contributed by atoms with Crippen LogP contribution in [0.25, 0.3) is 0 Å². The second kappa shape index (κ2) is 4.35. The van der Waals surface area contributed by atoms with Gasteiger partial charge in [-0.1, -0.05) is 30.3 Å². The lowest BCUT2D eigenvalue weighted by Crippen LogP contribution is -2.25. The van der Waals surface area contributed by atoms with Gasteiger partial charge >= 0.3 is 5.97 Å². The van der Waals surface area contributed by atoms with Crippen LogP contribution < -0.4 is 5.32 Å². The summed E-state index contributed by atoms with van der Waals surface area (Å²) in [6.07, 6.45) is 0.468. The second-order valence-corrected chi connectivity index (χ2v) is 3.99. The molecular formula is C12H13NO3. The molecule has 2 atom stereocenters. The van der Waals surface area contributed by atoms with Crippen molar-refractivity contribution in [1.82, 2.24) is 5.32 Å². The fraction of sp³-hybridized carbons (Fsp3) is 0.333. The molecule has 0 bridgehead atoms. The highest BCUT2D eigenvalue weighted by atomic mass is 16.4. The van der Waals surface area contributed by atoms with E-state index in [-0.39, 0.29) is 11.8 Å². The van der Waals surface area contributed by atoms with Crippen molar-refractivity contribution < 1.29 is 14.7 Å². The first-order valence-corrected chi connectivity index (χ1v) is 5.23. The first-order chi connectivity index (χ1) is 7.68. The van der Waals surface area contributed by atoms with Crippen molar-refractivity contribution >= 4 is 11.9 Å². The van der Waals surface area contributed by atoms with Gasteiger partial charge in [0.15, 0.2) is 0 Å². The number of carboxylic acid groups (broad SMARTS) is 1. The normalized spacial score (nSPS) is 22.5. The lowest BCUT2D eigenvalue weighted by atomic mass is 10.2. The maximum atomic E-state index is 11.5. The SMILES string of the molecule is O=C(O)[C@H]1C[C@@H]1C(=O)NCc1ccccc1. The summed E-state index contributed by atoms with van der Waals surface area (Å²) in [7, 11) is 0. The van der Waals surface area contributed by atoms with Gasteiger partial charge in [-0.2, -0.15) is 0 Å². The molecule has 0 aliphatic heterocycles. The number of rotatable bonds is 4. The summed E-state index contributed by atoms with van der Waals surface area (Å²) in [5, 5.41) is 11.4. The maximum absolute atomic E-state index is 11.5. The number of hydrogen-bond donors (Lipinski definition) is 2. The summed E-state index contributed by atoms with van der Waals surface area (Å²) in [6, 6.07) is 9.55. The van der Waals surface area contributed by atoms with Crippen LogP contribution >= 0.6 is 0 Å². The van der Waals surface area contributed by atoms with Gasteiger partial charge in [0.05, 0.1) is 11.8 Å². The Morgan fingerprint density at radius 2 is 1.94 bits per heavy atom. The fourth-order valence-corrected chi connectivity index (χ4v) is 1.67. The van der Waals surface area contributed by atoms with Crippen molar-refractivity contribution in [1.29, 1.82) is 0 Å². The van der Waals surface area contributed by atoms with Gasteiger partial charge in [-0.3, -0.25) is 9.59 Å². The molecule has 0 aromatic heterocycles. The van der Waals surface area contributed by atoms with Crippen molar-refractivity contribution in [3.63, 3.8) is 0 Å². The molecule has 1 fully saturated rings.